The molecule has 1 aliphatic carbocycles. The van der Waals surface area contributed by atoms with Crippen molar-refractivity contribution in [2.75, 3.05) is 6.61 Å². The molecule has 21 heavy (non-hydrogen) atoms. The normalized spacial score (nSPS) is 12.5. The molecule has 0 saturated heterocycles. The van der Waals surface area contributed by atoms with E-state index in [0.717, 1.165) is 18.6 Å². The average molecular weight is 277 g/mol. The fourth-order valence-electron chi connectivity index (χ4n) is 2.60. The van der Waals surface area contributed by atoms with Crippen LogP contribution in [0, 0.1) is 11.3 Å². The van der Waals surface area contributed by atoms with Gasteiger partial charge in [0.2, 0.25) is 0 Å². The van der Waals surface area contributed by atoms with E-state index in [9.17, 15) is 4.79 Å². The molecule has 0 heterocycles. The summed E-state index contributed by atoms with van der Waals surface area (Å²) >= 11 is 0. The molecule has 0 radical (unpaired) electrons. The van der Waals surface area contributed by atoms with Gasteiger partial charge in [0.1, 0.15) is 5.75 Å². The molecular formula is C18H15NO2. The molecular weight excluding hydrogens is 262 g/mol. The smallest absolute Gasteiger partial charge is 0.200 e. The number of ether oxygens (including phenoxy) is 1. The van der Waals surface area contributed by atoms with Crippen LogP contribution >= 0.6 is 0 Å². The summed E-state index contributed by atoms with van der Waals surface area (Å²) in [6, 6.07) is 14.7. The Bertz CT molecular complexity index is 711. The standard InChI is InChI=1S/C18H15NO2/c19-11-13-4-6-15(7-5-13)18(20)12-21-17-9-8-14-2-1-3-16(14)10-17/h4-10H,1-3,12H2. The second kappa shape index (κ2) is 5.80. The summed E-state index contributed by atoms with van der Waals surface area (Å²) in [5, 5.41) is 8.74. The summed E-state index contributed by atoms with van der Waals surface area (Å²) < 4.78 is 5.59. The molecule has 0 amide bonds. The molecule has 3 heteroatoms. The number of carbonyl (C=O) groups is 1. The van der Waals surface area contributed by atoms with Crippen molar-refractivity contribution in [2.45, 2.75) is 19.3 Å². The molecule has 0 aliphatic heterocycles. The van der Waals surface area contributed by atoms with E-state index in [-0.39, 0.29) is 12.4 Å². The Balaban J connectivity index is 1.64. The zero-order valence-electron chi connectivity index (χ0n) is 11.6. The van der Waals surface area contributed by atoms with Crippen LogP contribution in [0.1, 0.15) is 33.5 Å². The Kier molecular flexibility index (Phi) is 3.70. The number of aryl methyl sites for hydroxylation is 2. The number of carbonyl (C=O) groups excluding carboxylic acids is 1. The highest BCUT2D eigenvalue weighted by Crippen LogP contribution is 2.26. The fraction of sp³-hybridized carbons (Fsp3) is 0.222. The van der Waals surface area contributed by atoms with Gasteiger partial charge in [-0.25, -0.2) is 0 Å². The minimum atomic E-state index is -0.0833. The number of benzene rings is 2. The second-order valence-corrected chi connectivity index (χ2v) is 5.19. The Hall–Kier alpha value is -2.60. The molecule has 0 saturated carbocycles. The SMILES string of the molecule is N#Cc1ccc(C(=O)COc2ccc3c(c2)CCC3)cc1. The van der Waals surface area contributed by atoms with Crippen LogP contribution in [0.5, 0.6) is 5.75 Å². The van der Waals surface area contributed by atoms with E-state index in [4.69, 9.17) is 10.00 Å². The number of nitrogens with zero attached hydrogens (tertiary/aromatic N) is 1. The van der Waals surface area contributed by atoms with Crippen LogP contribution in [-0.4, -0.2) is 12.4 Å². The van der Waals surface area contributed by atoms with E-state index >= 15 is 0 Å². The molecule has 2 aromatic rings. The number of nitriles is 1. The van der Waals surface area contributed by atoms with E-state index in [1.807, 2.05) is 18.2 Å². The van der Waals surface area contributed by atoms with Crippen molar-refractivity contribution in [3.63, 3.8) is 0 Å². The van der Waals surface area contributed by atoms with Crippen LogP contribution in [0.3, 0.4) is 0 Å². The summed E-state index contributed by atoms with van der Waals surface area (Å²) in [7, 11) is 0. The largest absolute Gasteiger partial charge is 0.485 e. The highest BCUT2D eigenvalue weighted by molar-refractivity contribution is 5.97. The molecule has 0 aromatic heterocycles. The number of hydrogen-bond acceptors (Lipinski definition) is 3. The lowest BCUT2D eigenvalue weighted by molar-refractivity contribution is 0.0921. The number of rotatable bonds is 4. The van der Waals surface area contributed by atoms with Gasteiger partial charge in [0, 0.05) is 5.56 Å². The Labute approximate surface area is 123 Å². The Morgan fingerprint density at radius 2 is 1.86 bits per heavy atom. The van der Waals surface area contributed by atoms with Crippen LogP contribution in [-0.2, 0) is 12.8 Å². The Morgan fingerprint density at radius 1 is 1.10 bits per heavy atom. The maximum atomic E-state index is 12.0. The first-order chi connectivity index (χ1) is 10.3. The van der Waals surface area contributed by atoms with Crippen molar-refractivity contribution in [3.05, 3.63) is 64.7 Å². The zero-order valence-corrected chi connectivity index (χ0v) is 11.6. The third kappa shape index (κ3) is 2.95. The van der Waals surface area contributed by atoms with Crippen molar-refractivity contribution in [3.8, 4) is 11.8 Å². The maximum Gasteiger partial charge on any atom is 0.200 e. The van der Waals surface area contributed by atoms with Crippen molar-refractivity contribution in [2.24, 2.45) is 0 Å². The minimum absolute atomic E-state index is 0.0185. The monoisotopic (exact) mass is 277 g/mol. The van der Waals surface area contributed by atoms with Crippen LogP contribution in [0.4, 0.5) is 0 Å². The van der Waals surface area contributed by atoms with Crippen molar-refractivity contribution in [1.82, 2.24) is 0 Å². The highest BCUT2D eigenvalue weighted by Gasteiger charge is 2.12. The Morgan fingerprint density at radius 3 is 2.62 bits per heavy atom. The van der Waals surface area contributed by atoms with Crippen LogP contribution in [0.2, 0.25) is 0 Å². The van der Waals surface area contributed by atoms with E-state index < -0.39 is 0 Å². The first-order valence-corrected chi connectivity index (χ1v) is 7.04. The van der Waals surface area contributed by atoms with Crippen molar-refractivity contribution in [1.29, 1.82) is 5.26 Å². The zero-order chi connectivity index (χ0) is 14.7. The third-order valence-electron chi connectivity index (χ3n) is 3.78. The van der Waals surface area contributed by atoms with E-state index in [1.165, 1.54) is 17.5 Å². The lowest BCUT2D eigenvalue weighted by atomic mass is 10.1. The molecule has 3 nitrogen and oxygen atoms in total. The molecule has 1 aliphatic rings. The number of fused-ring (bicyclic) bond motifs is 1. The van der Waals surface area contributed by atoms with Gasteiger partial charge in [0.25, 0.3) is 0 Å². The molecule has 0 fully saturated rings. The van der Waals surface area contributed by atoms with E-state index in [1.54, 1.807) is 24.3 Å². The summed E-state index contributed by atoms with van der Waals surface area (Å²) in [6.45, 7) is 0.0185. The first kappa shape index (κ1) is 13.4. The van der Waals surface area contributed by atoms with Crippen LogP contribution in [0.15, 0.2) is 42.5 Å². The topological polar surface area (TPSA) is 50.1 Å². The van der Waals surface area contributed by atoms with Gasteiger partial charge in [-0.3, -0.25) is 4.79 Å². The molecule has 0 atom stereocenters. The number of Topliss-reactive ketones (excluding diaryl/α,β-unsaturated/α-hetero) is 1. The summed E-state index contributed by atoms with van der Waals surface area (Å²) in [4.78, 5) is 12.0. The summed E-state index contributed by atoms with van der Waals surface area (Å²) in [5.74, 6) is 0.664. The third-order valence-corrected chi connectivity index (χ3v) is 3.78. The molecule has 104 valence electrons. The molecule has 0 unspecified atom stereocenters. The van der Waals surface area contributed by atoms with Crippen LogP contribution < -0.4 is 4.74 Å². The van der Waals surface area contributed by atoms with Gasteiger partial charge < -0.3 is 4.74 Å². The van der Waals surface area contributed by atoms with Gasteiger partial charge in [-0.1, -0.05) is 6.07 Å². The molecule has 0 N–H and O–H groups in total. The van der Waals surface area contributed by atoms with E-state index in [0.29, 0.717) is 11.1 Å². The number of ketones is 1. The molecule has 3 rings (SSSR count). The maximum absolute atomic E-state index is 12.0. The van der Waals surface area contributed by atoms with Crippen LogP contribution in [0.25, 0.3) is 0 Å². The summed E-state index contributed by atoms with van der Waals surface area (Å²) in [6.07, 6.45) is 3.43. The molecule has 2 aromatic carbocycles. The van der Waals surface area contributed by atoms with Gasteiger partial charge in [0.05, 0.1) is 11.6 Å². The first-order valence-electron chi connectivity index (χ1n) is 7.04. The van der Waals surface area contributed by atoms with Gasteiger partial charge in [-0.15, -0.1) is 0 Å². The lowest BCUT2D eigenvalue weighted by Gasteiger charge is -2.07. The second-order valence-electron chi connectivity index (χ2n) is 5.19. The fourth-order valence-corrected chi connectivity index (χ4v) is 2.60. The van der Waals surface area contributed by atoms with Gasteiger partial charge in [-0.05, 0) is 66.8 Å². The lowest BCUT2D eigenvalue weighted by Crippen LogP contribution is -2.11. The van der Waals surface area contributed by atoms with Gasteiger partial charge in [0.15, 0.2) is 12.4 Å². The molecule has 0 spiro atoms. The van der Waals surface area contributed by atoms with Crippen molar-refractivity contribution < 1.29 is 9.53 Å². The molecule has 0 bridgehead atoms. The van der Waals surface area contributed by atoms with Crippen molar-refractivity contribution >= 4 is 5.78 Å². The average Bonchev–Trinajstić information content (AvgIpc) is 3.00. The van der Waals surface area contributed by atoms with Gasteiger partial charge in [-0.2, -0.15) is 5.26 Å². The van der Waals surface area contributed by atoms with E-state index in [2.05, 4.69) is 6.07 Å². The van der Waals surface area contributed by atoms with Gasteiger partial charge >= 0.3 is 0 Å². The predicted octanol–water partition coefficient (Wildman–Crippen LogP) is 3.31. The quantitative estimate of drug-likeness (QED) is 0.806. The number of hydrogen-bond donors (Lipinski definition) is 0. The minimum Gasteiger partial charge on any atom is -0.485 e. The predicted molar refractivity (Wildman–Crippen MR) is 79.4 cm³/mol. The summed E-state index contributed by atoms with van der Waals surface area (Å²) in [5.41, 5.74) is 3.83. The highest BCUT2D eigenvalue weighted by atomic mass is 16.5.